The van der Waals surface area contributed by atoms with Gasteiger partial charge >= 0.3 is 0 Å². The van der Waals surface area contributed by atoms with E-state index in [0.29, 0.717) is 12.1 Å². The summed E-state index contributed by atoms with van der Waals surface area (Å²) >= 11 is 0. The van der Waals surface area contributed by atoms with Crippen molar-refractivity contribution in [1.82, 2.24) is 5.32 Å². The first-order chi connectivity index (χ1) is 9.87. The predicted molar refractivity (Wildman–Crippen MR) is 90.0 cm³/mol. The van der Waals surface area contributed by atoms with E-state index in [1.807, 2.05) is 0 Å². The van der Waals surface area contributed by atoms with Gasteiger partial charge in [0.05, 0.1) is 0 Å². The minimum Gasteiger partial charge on any atom is -0.490 e. The molecule has 0 saturated heterocycles. The van der Waals surface area contributed by atoms with Gasteiger partial charge in [-0.25, -0.2) is 0 Å². The van der Waals surface area contributed by atoms with Gasteiger partial charge in [-0.2, -0.15) is 0 Å². The summed E-state index contributed by atoms with van der Waals surface area (Å²) in [5.74, 6) is 1.00. The van der Waals surface area contributed by atoms with Gasteiger partial charge in [0.1, 0.15) is 11.9 Å². The molecule has 0 spiro atoms. The van der Waals surface area contributed by atoms with Crippen LogP contribution in [0.2, 0.25) is 0 Å². The summed E-state index contributed by atoms with van der Waals surface area (Å²) in [5.41, 5.74) is 1.87. The second-order valence-electron chi connectivity index (χ2n) is 7.30. The van der Waals surface area contributed by atoms with Gasteiger partial charge in [0.25, 0.3) is 0 Å². The van der Waals surface area contributed by atoms with Crippen LogP contribution >= 0.6 is 0 Å². The van der Waals surface area contributed by atoms with Crippen LogP contribution in [0.1, 0.15) is 59.4 Å². The molecule has 1 aliphatic carbocycles. The maximum absolute atomic E-state index is 6.25. The lowest BCUT2D eigenvalue weighted by Gasteiger charge is -2.53. The maximum atomic E-state index is 6.25. The standard InChI is InChI=1S/C19H31NO/c1-7-18(3,4)14-9-11-15(12-10-14)21-17-13-16(20-6)19(17,5)8-2/h9-12,16-17,20H,7-8,13H2,1-6H3. The lowest BCUT2D eigenvalue weighted by molar-refractivity contribution is -0.0677. The van der Waals surface area contributed by atoms with Crippen molar-refractivity contribution >= 4 is 0 Å². The second-order valence-corrected chi connectivity index (χ2v) is 7.30. The number of hydrogen-bond donors (Lipinski definition) is 1. The monoisotopic (exact) mass is 289 g/mol. The Hall–Kier alpha value is -1.02. The van der Waals surface area contributed by atoms with Gasteiger partial charge in [-0.1, -0.05) is 46.8 Å². The average Bonchev–Trinajstić information content (AvgIpc) is 2.50. The Morgan fingerprint density at radius 2 is 1.86 bits per heavy atom. The first kappa shape index (κ1) is 16.4. The molecule has 2 heteroatoms. The fourth-order valence-electron chi connectivity index (χ4n) is 3.27. The average molecular weight is 289 g/mol. The number of ether oxygens (including phenoxy) is 1. The molecule has 1 aromatic carbocycles. The zero-order chi connectivity index (χ0) is 15.7. The minimum atomic E-state index is 0.240. The zero-order valence-electron chi connectivity index (χ0n) is 14.5. The van der Waals surface area contributed by atoms with E-state index in [1.54, 1.807) is 0 Å². The predicted octanol–water partition coefficient (Wildman–Crippen LogP) is 4.53. The highest BCUT2D eigenvalue weighted by molar-refractivity contribution is 5.32. The third kappa shape index (κ3) is 2.96. The smallest absolute Gasteiger partial charge is 0.119 e. The largest absolute Gasteiger partial charge is 0.490 e. The van der Waals surface area contributed by atoms with Gasteiger partial charge in [0.2, 0.25) is 0 Å². The molecule has 0 bridgehead atoms. The summed E-state index contributed by atoms with van der Waals surface area (Å²) in [7, 11) is 2.05. The van der Waals surface area contributed by atoms with E-state index in [9.17, 15) is 0 Å². The molecule has 21 heavy (non-hydrogen) atoms. The highest BCUT2D eigenvalue weighted by Gasteiger charge is 2.51. The molecule has 0 aromatic heterocycles. The summed E-state index contributed by atoms with van der Waals surface area (Å²) < 4.78 is 6.25. The van der Waals surface area contributed by atoms with Crippen LogP contribution in [-0.4, -0.2) is 19.2 Å². The van der Waals surface area contributed by atoms with Gasteiger partial charge in [-0.05, 0) is 43.0 Å². The summed E-state index contributed by atoms with van der Waals surface area (Å²) in [6.07, 6.45) is 3.71. The van der Waals surface area contributed by atoms with Gasteiger partial charge in [0, 0.05) is 17.9 Å². The number of hydrogen-bond acceptors (Lipinski definition) is 2. The molecule has 2 nitrogen and oxygen atoms in total. The van der Waals surface area contributed by atoms with Crippen molar-refractivity contribution in [1.29, 1.82) is 0 Å². The van der Waals surface area contributed by atoms with Crippen LogP contribution in [-0.2, 0) is 5.41 Å². The quantitative estimate of drug-likeness (QED) is 0.830. The molecule has 0 amide bonds. The Kier molecular flexibility index (Phi) is 4.67. The van der Waals surface area contributed by atoms with E-state index < -0.39 is 0 Å². The van der Waals surface area contributed by atoms with Crippen molar-refractivity contribution in [2.45, 2.75) is 71.4 Å². The molecule has 0 aliphatic heterocycles. The molecule has 1 aliphatic rings. The molecular weight excluding hydrogens is 258 g/mol. The Balaban J connectivity index is 2.05. The van der Waals surface area contributed by atoms with Gasteiger partial charge in [-0.3, -0.25) is 0 Å². The molecule has 1 aromatic rings. The number of benzene rings is 1. The number of rotatable bonds is 6. The van der Waals surface area contributed by atoms with E-state index in [4.69, 9.17) is 4.74 Å². The van der Waals surface area contributed by atoms with Crippen molar-refractivity contribution in [3.63, 3.8) is 0 Å². The van der Waals surface area contributed by atoms with E-state index in [2.05, 4.69) is 71.2 Å². The van der Waals surface area contributed by atoms with Crippen LogP contribution in [0.4, 0.5) is 0 Å². The van der Waals surface area contributed by atoms with E-state index in [1.165, 1.54) is 5.56 Å². The summed E-state index contributed by atoms with van der Waals surface area (Å²) in [6, 6.07) is 9.28. The van der Waals surface area contributed by atoms with E-state index >= 15 is 0 Å². The Bertz CT molecular complexity index is 465. The van der Waals surface area contributed by atoms with E-state index in [0.717, 1.165) is 25.0 Å². The molecule has 2 rings (SSSR count). The van der Waals surface area contributed by atoms with Crippen molar-refractivity contribution in [2.75, 3.05) is 7.05 Å². The minimum absolute atomic E-state index is 0.240. The fourth-order valence-corrected chi connectivity index (χ4v) is 3.27. The summed E-state index contributed by atoms with van der Waals surface area (Å²) in [4.78, 5) is 0. The van der Waals surface area contributed by atoms with E-state index in [-0.39, 0.29) is 10.8 Å². The first-order valence-electron chi connectivity index (χ1n) is 8.32. The first-order valence-corrected chi connectivity index (χ1v) is 8.32. The summed E-state index contributed by atoms with van der Waals surface area (Å²) in [6.45, 7) is 11.4. The third-order valence-corrected chi connectivity index (χ3v) is 5.89. The Labute approximate surface area is 130 Å². The van der Waals surface area contributed by atoms with Crippen molar-refractivity contribution in [2.24, 2.45) is 5.41 Å². The third-order valence-electron chi connectivity index (χ3n) is 5.89. The van der Waals surface area contributed by atoms with Crippen LogP contribution in [0.3, 0.4) is 0 Å². The van der Waals surface area contributed by atoms with Gasteiger partial charge in [0.15, 0.2) is 0 Å². The molecular formula is C19H31NO. The molecule has 0 radical (unpaired) electrons. The van der Waals surface area contributed by atoms with Crippen LogP contribution in [0.15, 0.2) is 24.3 Å². The van der Waals surface area contributed by atoms with Crippen LogP contribution in [0, 0.1) is 5.41 Å². The lowest BCUT2D eigenvalue weighted by Crippen LogP contribution is -2.62. The highest BCUT2D eigenvalue weighted by atomic mass is 16.5. The maximum Gasteiger partial charge on any atom is 0.119 e. The molecule has 3 unspecified atom stereocenters. The Morgan fingerprint density at radius 3 is 2.33 bits per heavy atom. The molecule has 3 atom stereocenters. The van der Waals surface area contributed by atoms with Crippen LogP contribution in [0.5, 0.6) is 5.75 Å². The van der Waals surface area contributed by atoms with Crippen LogP contribution < -0.4 is 10.1 Å². The molecule has 1 N–H and O–H groups in total. The van der Waals surface area contributed by atoms with Crippen molar-refractivity contribution < 1.29 is 4.74 Å². The number of nitrogens with one attached hydrogen (secondary N) is 1. The van der Waals surface area contributed by atoms with Gasteiger partial charge < -0.3 is 10.1 Å². The second kappa shape index (κ2) is 6.00. The fraction of sp³-hybridized carbons (Fsp3) is 0.684. The zero-order valence-corrected chi connectivity index (χ0v) is 14.5. The topological polar surface area (TPSA) is 21.3 Å². The van der Waals surface area contributed by atoms with Gasteiger partial charge in [-0.15, -0.1) is 0 Å². The molecule has 118 valence electrons. The molecule has 1 fully saturated rings. The molecule has 1 saturated carbocycles. The molecule has 0 heterocycles. The van der Waals surface area contributed by atoms with Crippen LogP contribution in [0.25, 0.3) is 0 Å². The lowest BCUT2D eigenvalue weighted by atomic mass is 9.61. The SMILES string of the molecule is CCC(C)(C)c1ccc(OC2CC(NC)C2(C)CC)cc1. The normalized spacial score (nSPS) is 29.0. The van der Waals surface area contributed by atoms with Crippen molar-refractivity contribution in [3.05, 3.63) is 29.8 Å². The summed E-state index contributed by atoms with van der Waals surface area (Å²) in [5, 5.41) is 3.42. The Morgan fingerprint density at radius 1 is 1.24 bits per heavy atom. The highest BCUT2D eigenvalue weighted by Crippen LogP contribution is 2.46. The van der Waals surface area contributed by atoms with Crippen molar-refractivity contribution in [3.8, 4) is 5.75 Å².